The van der Waals surface area contributed by atoms with Crippen LogP contribution in [0, 0.1) is 0 Å². The Kier molecular flexibility index (Phi) is 4.82. The Morgan fingerprint density at radius 3 is 2.45 bits per heavy atom. The molecule has 2 aliphatic heterocycles. The molecule has 2 fully saturated rings. The van der Waals surface area contributed by atoms with Crippen LogP contribution in [0.1, 0.15) is 27.9 Å². The highest BCUT2D eigenvalue weighted by Gasteiger charge is 2.49. The van der Waals surface area contributed by atoms with Gasteiger partial charge in [0.05, 0.1) is 11.1 Å². The smallest absolute Gasteiger partial charge is 0.364 e. The number of nitrogens with zero attached hydrogens (tertiary/aromatic N) is 1. The third-order valence-electron chi connectivity index (χ3n) is 5.53. The molecule has 29 heavy (non-hydrogen) atoms. The zero-order valence-electron chi connectivity index (χ0n) is 15.4. The first-order chi connectivity index (χ1) is 13.8. The van der Waals surface area contributed by atoms with Crippen molar-refractivity contribution in [2.45, 2.75) is 24.2 Å². The number of rotatable bonds is 2. The van der Waals surface area contributed by atoms with Crippen LogP contribution in [0.5, 0.6) is 0 Å². The molecule has 8 heteroatoms. The lowest BCUT2D eigenvalue weighted by atomic mass is 9.77. The average Bonchev–Trinajstić information content (AvgIpc) is 2.73. The fraction of sp³-hybridized carbons (Fsp3) is 0.333. The van der Waals surface area contributed by atoms with E-state index in [4.69, 9.17) is 4.74 Å². The van der Waals surface area contributed by atoms with E-state index in [9.17, 15) is 22.8 Å². The van der Waals surface area contributed by atoms with Crippen molar-refractivity contribution in [1.29, 1.82) is 0 Å². The third-order valence-corrected chi connectivity index (χ3v) is 5.53. The molecule has 2 heterocycles. The number of likely N-dealkylation sites (tertiary alicyclic amines) is 1. The lowest BCUT2D eigenvalue weighted by molar-refractivity contribution is -0.150. The van der Waals surface area contributed by atoms with Crippen LogP contribution < -0.4 is 5.32 Å². The van der Waals surface area contributed by atoms with Crippen molar-refractivity contribution >= 4 is 11.8 Å². The van der Waals surface area contributed by atoms with Gasteiger partial charge < -0.3 is 15.0 Å². The first kappa shape index (κ1) is 19.4. The predicted octanol–water partition coefficient (Wildman–Crippen LogP) is 2.96. The zero-order valence-corrected chi connectivity index (χ0v) is 15.4. The molecule has 0 unspecified atom stereocenters. The van der Waals surface area contributed by atoms with Crippen molar-refractivity contribution in [2.75, 3.05) is 19.7 Å². The van der Waals surface area contributed by atoms with Crippen LogP contribution >= 0.6 is 0 Å². The van der Waals surface area contributed by atoms with Gasteiger partial charge in [-0.15, -0.1) is 0 Å². The summed E-state index contributed by atoms with van der Waals surface area (Å²) < 4.78 is 44.0. The summed E-state index contributed by atoms with van der Waals surface area (Å²) in [5, 5.41) is 3.04. The Morgan fingerprint density at radius 1 is 1.10 bits per heavy atom. The molecule has 2 aromatic rings. The Bertz CT molecular complexity index is 915. The lowest BCUT2D eigenvalue weighted by Gasteiger charge is -2.50. The number of piperidine rings is 1. The van der Waals surface area contributed by atoms with Crippen LogP contribution in [0.2, 0.25) is 0 Å². The Labute approximate surface area is 165 Å². The van der Waals surface area contributed by atoms with Crippen LogP contribution in [-0.4, -0.2) is 42.5 Å². The van der Waals surface area contributed by atoms with Gasteiger partial charge in [0.1, 0.15) is 12.7 Å². The summed E-state index contributed by atoms with van der Waals surface area (Å²) in [6, 6.07) is 13.6. The number of amides is 2. The van der Waals surface area contributed by atoms with Gasteiger partial charge in [-0.25, -0.2) is 0 Å². The second kappa shape index (κ2) is 7.18. The molecule has 5 nitrogen and oxygen atoms in total. The number of halogens is 3. The highest BCUT2D eigenvalue weighted by atomic mass is 19.4. The molecule has 2 atom stereocenters. The number of carbonyl (C=O) groups excluding carboxylic acids is 2. The largest absolute Gasteiger partial charge is 0.416 e. The van der Waals surface area contributed by atoms with E-state index in [0.717, 1.165) is 17.7 Å². The minimum Gasteiger partial charge on any atom is -0.364 e. The molecule has 4 rings (SSSR count). The number of hydrogen-bond donors (Lipinski definition) is 1. The van der Waals surface area contributed by atoms with Gasteiger partial charge in [0.2, 0.25) is 5.91 Å². The normalized spacial score (nSPS) is 24.6. The third kappa shape index (κ3) is 3.60. The van der Waals surface area contributed by atoms with E-state index in [-0.39, 0.29) is 30.5 Å². The Morgan fingerprint density at radius 2 is 1.79 bits per heavy atom. The number of morpholine rings is 1. The second-order valence-electron chi connectivity index (χ2n) is 7.26. The van der Waals surface area contributed by atoms with E-state index in [1.807, 2.05) is 30.3 Å². The molecular formula is C21H19F3N2O3. The standard InChI is InChI=1S/C21H19F3N2O3/c22-21(23,24)16-8-6-14(7-9-16)19(28)26-11-10-20(15-4-2-1-3-5-15)17(12-26)29-13-18(27)25-20/h1-9,17H,10-13H2,(H,25,27)/t17-,20+/m1/s1. The number of nitrogens with one attached hydrogen (secondary N) is 1. The van der Waals surface area contributed by atoms with Crippen LogP contribution in [0.25, 0.3) is 0 Å². The van der Waals surface area contributed by atoms with Crippen molar-refractivity contribution < 1.29 is 27.5 Å². The Hall–Kier alpha value is -2.87. The monoisotopic (exact) mass is 404 g/mol. The predicted molar refractivity (Wildman–Crippen MR) is 98.0 cm³/mol. The number of benzene rings is 2. The average molecular weight is 404 g/mol. The number of alkyl halides is 3. The van der Waals surface area contributed by atoms with Gasteiger partial charge in [-0.2, -0.15) is 13.2 Å². The first-order valence-corrected chi connectivity index (χ1v) is 9.24. The summed E-state index contributed by atoms with van der Waals surface area (Å²) in [5.41, 5.74) is -0.438. The van der Waals surface area contributed by atoms with Gasteiger partial charge in [0.15, 0.2) is 0 Å². The molecule has 0 aromatic heterocycles. The zero-order chi connectivity index (χ0) is 20.6. The van der Waals surface area contributed by atoms with Gasteiger partial charge in [-0.1, -0.05) is 30.3 Å². The second-order valence-corrected chi connectivity index (χ2v) is 7.26. The highest BCUT2D eigenvalue weighted by molar-refractivity contribution is 5.94. The fourth-order valence-electron chi connectivity index (χ4n) is 4.03. The molecule has 2 aliphatic rings. The molecule has 152 valence electrons. The molecule has 2 saturated heterocycles. The van der Waals surface area contributed by atoms with Gasteiger partial charge in [-0.3, -0.25) is 9.59 Å². The summed E-state index contributed by atoms with van der Waals surface area (Å²) in [6.07, 6.45) is -4.45. The maximum atomic E-state index is 12.8. The van der Waals surface area contributed by atoms with E-state index in [2.05, 4.69) is 5.32 Å². The van der Waals surface area contributed by atoms with Gasteiger partial charge in [0, 0.05) is 18.7 Å². The van der Waals surface area contributed by atoms with E-state index in [0.29, 0.717) is 13.0 Å². The SMILES string of the molecule is O=C1CO[C@@H]2CN(C(=O)c3ccc(C(F)(F)F)cc3)CC[C@@]2(c2ccccc2)N1. The van der Waals surface area contributed by atoms with E-state index in [1.54, 1.807) is 4.90 Å². The fourth-order valence-corrected chi connectivity index (χ4v) is 4.03. The van der Waals surface area contributed by atoms with Crippen LogP contribution in [0.15, 0.2) is 54.6 Å². The maximum Gasteiger partial charge on any atom is 0.416 e. The Balaban J connectivity index is 1.56. The summed E-state index contributed by atoms with van der Waals surface area (Å²) in [7, 11) is 0. The molecule has 2 amide bonds. The topological polar surface area (TPSA) is 58.6 Å². The van der Waals surface area contributed by atoms with Crippen molar-refractivity contribution in [2.24, 2.45) is 0 Å². The molecule has 2 aromatic carbocycles. The maximum absolute atomic E-state index is 12.8. The van der Waals surface area contributed by atoms with Crippen molar-refractivity contribution in [3.8, 4) is 0 Å². The lowest BCUT2D eigenvalue weighted by Crippen LogP contribution is -2.67. The molecule has 0 radical (unpaired) electrons. The molecule has 1 N–H and O–H groups in total. The minimum absolute atomic E-state index is 0.0957. The quantitative estimate of drug-likeness (QED) is 0.837. The number of carbonyl (C=O) groups is 2. The summed E-state index contributed by atoms with van der Waals surface area (Å²) in [4.78, 5) is 26.4. The molecular weight excluding hydrogens is 385 g/mol. The van der Waals surface area contributed by atoms with Gasteiger partial charge >= 0.3 is 6.18 Å². The van der Waals surface area contributed by atoms with E-state index < -0.39 is 23.4 Å². The van der Waals surface area contributed by atoms with Crippen LogP contribution in [0.3, 0.4) is 0 Å². The molecule has 0 bridgehead atoms. The molecule has 0 aliphatic carbocycles. The number of ether oxygens (including phenoxy) is 1. The first-order valence-electron chi connectivity index (χ1n) is 9.24. The van der Waals surface area contributed by atoms with Crippen LogP contribution in [-0.2, 0) is 21.2 Å². The minimum atomic E-state index is -4.45. The number of fused-ring (bicyclic) bond motifs is 1. The van der Waals surface area contributed by atoms with Gasteiger partial charge in [0.25, 0.3) is 5.91 Å². The summed E-state index contributed by atoms with van der Waals surface area (Å²) >= 11 is 0. The van der Waals surface area contributed by atoms with E-state index >= 15 is 0 Å². The van der Waals surface area contributed by atoms with Crippen molar-refractivity contribution in [1.82, 2.24) is 10.2 Å². The summed E-state index contributed by atoms with van der Waals surface area (Å²) in [6.45, 7) is 0.478. The molecule has 0 saturated carbocycles. The highest BCUT2D eigenvalue weighted by Crippen LogP contribution is 2.37. The number of hydrogen-bond acceptors (Lipinski definition) is 3. The van der Waals surface area contributed by atoms with E-state index in [1.165, 1.54) is 12.1 Å². The molecule has 0 spiro atoms. The van der Waals surface area contributed by atoms with Crippen molar-refractivity contribution in [3.63, 3.8) is 0 Å². The van der Waals surface area contributed by atoms with Crippen LogP contribution in [0.4, 0.5) is 13.2 Å². The van der Waals surface area contributed by atoms with Crippen molar-refractivity contribution in [3.05, 3.63) is 71.3 Å². The summed E-state index contributed by atoms with van der Waals surface area (Å²) in [5.74, 6) is -0.575. The van der Waals surface area contributed by atoms with Gasteiger partial charge in [-0.05, 0) is 36.2 Å².